The lowest BCUT2D eigenvalue weighted by atomic mass is 9.70. The Morgan fingerprint density at radius 3 is 2.71 bits per heavy atom. The van der Waals surface area contributed by atoms with Crippen LogP contribution in [-0.2, 0) is 6.42 Å². The zero-order valence-electron chi connectivity index (χ0n) is 14.3. The van der Waals surface area contributed by atoms with E-state index in [9.17, 15) is 0 Å². The number of likely N-dealkylation sites (N-methyl/N-ethyl adjacent to an activating group) is 1. The summed E-state index contributed by atoms with van der Waals surface area (Å²) >= 11 is 0. The van der Waals surface area contributed by atoms with E-state index in [0.29, 0.717) is 6.04 Å². The highest BCUT2D eigenvalue weighted by molar-refractivity contribution is 5.09. The molecule has 1 saturated carbocycles. The van der Waals surface area contributed by atoms with Gasteiger partial charge in [0.1, 0.15) is 0 Å². The third kappa shape index (κ3) is 3.49. The van der Waals surface area contributed by atoms with Crippen LogP contribution in [0.2, 0.25) is 0 Å². The minimum Gasteiger partial charge on any atom is -0.326 e. The lowest BCUT2D eigenvalue weighted by molar-refractivity contribution is 0.0500. The molecule has 3 unspecified atom stereocenters. The Kier molecular flexibility index (Phi) is 5.10. The van der Waals surface area contributed by atoms with Crippen molar-refractivity contribution in [3.8, 4) is 0 Å². The largest absolute Gasteiger partial charge is 0.326 e. The van der Waals surface area contributed by atoms with E-state index in [1.165, 1.54) is 25.7 Å². The summed E-state index contributed by atoms with van der Waals surface area (Å²) < 4.78 is 2.02. The molecule has 0 aliphatic heterocycles. The first-order valence-electron chi connectivity index (χ1n) is 8.32. The molecule has 1 aromatic rings. The Morgan fingerprint density at radius 2 is 2.19 bits per heavy atom. The highest BCUT2D eigenvalue weighted by Gasteiger charge is 2.42. The standard InChI is InChI=1S/C17H32N4/c1-13(2)21-10-8-15(19-21)11-16(18)17(20(4)5)9-6-7-14(3)12-17/h8,10,13-14,16H,6-7,9,11-12,18H2,1-5H3. The van der Waals surface area contributed by atoms with Gasteiger partial charge in [0, 0.05) is 30.2 Å². The van der Waals surface area contributed by atoms with E-state index in [1.54, 1.807) is 0 Å². The predicted octanol–water partition coefficient (Wildman–Crippen LogP) is 2.84. The van der Waals surface area contributed by atoms with E-state index < -0.39 is 0 Å². The summed E-state index contributed by atoms with van der Waals surface area (Å²) in [7, 11) is 4.37. The molecule has 1 aliphatic rings. The van der Waals surface area contributed by atoms with Gasteiger partial charge in [-0.3, -0.25) is 4.68 Å². The molecule has 0 saturated heterocycles. The lowest BCUT2D eigenvalue weighted by Crippen LogP contribution is -2.60. The highest BCUT2D eigenvalue weighted by Crippen LogP contribution is 2.38. The van der Waals surface area contributed by atoms with Crippen LogP contribution in [0.5, 0.6) is 0 Å². The highest BCUT2D eigenvalue weighted by atomic mass is 15.3. The molecule has 2 N–H and O–H groups in total. The van der Waals surface area contributed by atoms with Crippen molar-refractivity contribution in [1.82, 2.24) is 14.7 Å². The Balaban J connectivity index is 2.13. The molecule has 0 radical (unpaired) electrons. The molecule has 3 atom stereocenters. The van der Waals surface area contributed by atoms with Gasteiger partial charge in [0.15, 0.2) is 0 Å². The van der Waals surface area contributed by atoms with Gasteiger partial charge in [0.05, 0.1) is 5.69 Å². The summed E-state index contributed by atoms with van der Waals surface area (Å²) in [5.41, 5.74) is 7.92. The number of hydrogen-bond donors (Lipinski definition) is 1. The van der Waals surface area contributed by atoms with Crippen LogP contribution in [0.4, 0.5) is 0 Å². The van der Waals surface area contributed by atoms with Gasteiger partial charge in [0.25, 0.3) is 0 Å². The van der Waals surface area contributed by atoms with Crippen LogP contribution in [0, 0.1) is 5.92 Å². The quantitative estimate of drug-likeness (QED) is 0.908. The molecule has 4 nitrogen and oxygen atoms in total. The van der Waals surface area contributed by atoms with Crippen molar-refractivity contribution in [2.75, 3.05) is 14.1 Å². The first-order chi connectivity index (χ1) is 9.85. The molecule has 1 fully saturated rings. The fourth-order valence-electron chi connectivity index (χ4n) is 3.83. The Hall–Kier alpha value is -0.870. The van der Waals surface area contributed by atoms with E-state index in [4.69, 9.17) is 5.73 Å². The second-order valence-corrected chi connectivity index (χ2v) is 7.39. The third-order valence-electron chi connectivity index (χ3n) is 5.21. The minimum atomic E-state index is 0.124. The Labute approximate surface area is 129 Å². The maximum Gasteiger partial charge on any atom is 0.0640 e. The summed E-state index contributed by atoms with van der Waals surface area (Å²) in [6, 6.07) is 2.67. The molecule has 0 bridgehead atoms. The van der Waals surface area contributed by atoms with Crippen molar-refractivity contribution < 1.29 is 0 Å². The van der Waals surface area contributed by atoms with Crippen LogP contribution in [0.15, 0.2) is 12.3 Å². The van der Waals surface area contributed by atoms with Gasteiger partial charge in [-0.25, -0.2) is 0 Å². The number of nitrogens with two attached hydrogens (primary N) is 1. The van der Waals surface area contributed by atoms with E-state index in [0.717, 1.165) is 18.0 Å². The minimum absolute atomic E-state index is 0.124. The van der Waals surface area contributed by atoms with Crippen LogP contribution in [0.1, 0.15) is 58.2 Å². The van der Waals surface area contributed by atoms with Gasteiger partial charge in [-0.15, -0.1) is 0 Å². The van der Waals surface area contributed by atoms with Crippen molar-refractivity contribution in [2.45, 2.75) is 70.5 Å². The summed E-state index contributed by atoms with van der Waals surface area (Å²) in [6.45, 7) is 6.67. The fraction of sp³-hybridized carbons (Fsp3) is 0.824. The molecular weight excluding hydrogens is 260 g/mol. The molecule has 1 heterocycles. The molecule has 0 amide bonds. The smallest absolute Gasteiger partial charge is 0.0640 e. The zero-order valence-corrected chi connectivity index (χ0v) is 14.3. The van der Waals surface area contributed by atoms with Crippen molar-refractivity contribution in [3.63, 3.8) is 0 Å². The van der Waals surface area contributed by atoms with Gasteiger partial charge in [-0.1, -0.05) is 19.8 Å². The second kappa shape index (κ2) is 6.49. The van der Waals surface area contributed by atoms with E-state index in [-0.39, 0.29) is 11.6 Å². The van der Waals surface area contributed by atoms with Crippen molar-refractivity contribution in [2.24, 2.45) is 11.7 Å². The summed E-state index contributed by atoms with van der Waals surface area (Å²) in [5, 5.41) is 4.67. The number of aromatic nitrogens is 2. The van der Waals surface area contributed by atoms with Crippen LogP contribution in [0.3, 0.4) is 0 Å². The summed E-state index contributed by atoms with van der Waals surface area (Å²) in [4.78, 5) is 2.37. The molecule has 2 rings (SSSR count). The van der Waals surface area contributed by atoms with E-state index in [2.05, 4.69) is 57.1 Å². The third-order valence-corrected chi connectivity index (χ3v) is 5.21. The van der Waals surface area contributed by atoms with Crippen molar-refractivity contribution >= 4 is 0 Å². The van der Waals surface area contributed by atoms with Gasteiger partial charge in [-0.2, -0.15) is 5.10 Å². The van der Waals surface area contributed by atoms with E-state index >= 15 is 0 Å². The summed E-state index contributed by atoms with van der Waals surface area (Å²) in [5.74, 6) is 0.764. The van der Waals surface area contributed by atoms with Crippen LogP contribution in [-0.4, -0.2) is 40.4 Å². The fourth-order valence-corrected chi connectivity index (χ4v) is 3.83. The zero-order chi connectivity index (χ0) is 15.6. The first kappa shape index (κ1) is 16.5. The SMILES string of the molecule is CC1CCCC(C(N)Cc2ccn(C(C)C)n2)(N(C)C)C1. The van der Waals surface area contributed by atoms with Crippen molar-refractivity contribution in [3.05, 3.63) is 18.0 Å². The Bertz CT molecular complexity index is 451. The van der Waals surface area contributed by atoms with Crippen molar-refractivity contribution in [1.29, 1.82) is 0 Å². The molecule has 1 aromatic heterocycles. The average Bonchev–Trinajstić information content (AvgIpc) is 2.87. The lowest BCUT2D eigenvalue weighted by Gasteiger charge is -2.49. The topological polar surface area (TPSA) is 47.1 Å². The van der Waals surface area contributed by atoms with Gasteiger partial charge >= 0.3 is 0 Å². The average molecular weight is 292 g/mol. The molecule has 0 aromatic carbocycles. The van der Waals surface area contributed by atoms with Crippen LogP contribution in [0.25, 0.3) is 0 Å². The monoisotopic (exact) mass is 292 g/mol. The summed E-state index contributed by atoms with van der Waals surface area (Å²) in [6.07, 6.45) is 7.96. The normalized spacial score (nSPS) is 28.3. The number of rotatable bonds is 5. The number of nitrogens with zero attached hydrogens (tertiary/aromatic N) is 3. The van der Waals surface area contributed by atoms with Crippen LogP contribution >= 0.6 is 0 Å². The van der Waals surface area contributed by atoms with Gasteiger partial charge < -0.3 is 10.6 Å². The first-order valence-corrected chi connectivity index (χ1v) is 8.32. The Morgan fingerprint density at radius 1 is 1.48 bits per heavy atom. The van der Waals surface area contributed by atoms with Crippen LogP contribution < -0.4 is 5.73 Å². The molecule has 120 valence electrons. The maximum atomic E-state index is 6.67. The molecule has 1 aliphatic carbocycles. The number of hydrogen-bond acceptors (Lipinski definition) is 3. The second-order valence-electron chi connectivity index (χ2n) is 7.39. The molecular formula is C17H32N4. The molecule has 4 heteroatoms. The van der Waals surface area contributed by atoms with E-state index in [1.807, 2.05) is 4.68 Å². The molecule has 21 heavy (non-hydrogen) atoms. The van der Waals surface area contributed by atoms with Gasteiger partial charge in [-0.05, 0) is 52.8 Å². The maximum absolute atomic E-state index is 6.67. The molecule has 0 spiro atoms. The predicted molar refractivity (Wildman–Crippen MR) is 88.3 cm³/mol. The van der Waals surface area contributed by atoms with Gasteiger partial charge in [0.2, 0.25) is 0 Å².